The molecule has 0 fully saturated rings. The van der Waals surface area contributed by atoms with Crippen LogP contribution in [-0.2, 0) is 15.1 Å². The Kier molecular flexibility index (Phi) is 4.44. The van der Waals surface area contributed by atoms with E-state index in [1.165, 1.54) is 0 Å². The number of amides is 2. The van der Waals surface area contributed by atoms with Gasteiger partial charge in [0.15, 0.2) is 0 Å². The molecule has 0 aliphatic rings. The summed E-state index contributed by atoms with van der Waals surface area (Å²) in [5, 5.41) is 2.69. The van der Waals surface area contributed by atoms with Crippen molar-refractivity contribution in [2.75, 3.05) is 0 Å². The summed E-state index contributed by atoms with van der Waals surface area (Å²) in [6.07, 6.45) is 0.0939. The number of hydrogen-bond acceptors (Lipinski definition) is 3. The Balaban J connectivity index is 2.74. The lowest BCUT2D eigenvalue weighted by molar-refractivity contribution is -0.127. The summed E-state index contributed by atoms with van der Waals surface area (Å²) >= 11 is 0. The van der Waals surface area contributed by atoms with Crippen molar-refractivity contribution in [3.63, 3.8) is 0 Å². The molecule has 98 valence electrons. The lowest BCUT2D eigenvalue weighted by atomic mass is 9.92. The molecule has 2 unspecified atom stereocenters. The molecule has 0 saturated heterocycles. The van der Waals surface area contributed by atoms with Gasteiger partial charge < -0.3 is 16.8 Å². The molecule has 0 radical (unpaired) electrons. The van der Waals surface area contributed by atoms with Crippen LogP contribution in [0.3, 0.4) is 0 Å². The van der Waals surface area contributed by atoms with Crippen LogP contribution in [0.25, 0.3) is 0 Å². The average Bonchev–Trinajstić information content (AvgIpc) is 2.28. The lowest BCUT2D eigenvalue weighted by Crippen LogP contribution is -2.51. The molecule has 1 aromatic rings. The van der Waals surface area contributed by atoms with Crippen LogP contribution < -0.4 is 16.8 Å². The number of benzene rings is 1. The van der Waals surface area contributed by atoms with Crippen LogP contribution in [0.5, 0.6) is 0 Å². The highest BCUT2D eigenvalue weighted by molar-refractivity contribution is 5.87. The van der Waals surface area contributed by atoms with Crippen LogP contribution in [-0.4, -0.2) is 17.9 Å². The second-order valence-corrected chi connectivity index (χ2v) is 4.61. The molecule has 5 N–H and O–H groups in total. The molecule has 0 aliphatic carbocycles. The molecule has 1 aromatic carbocycles. The molecule has 0 spiro atoms. The smallest absolute Gasteiger partial charge is 0.244 e. The van der Waals surface area contributed by atoms with Crippen molar-refractivity contribution in [3.05, 3.63) is 35.9 Å². The predicted molar refractivity (Wildman–Crippen MR) is 69.4 cm³/mol. The van der Waals surface area contributed by atoms with Crippen LogP contribution in [0.2, 0.25) is 0 Å². The molecule has 2 amide bonds. The Hall–Kier alpha value is -1.88. The Bertz CT molecular complexity index is 429. The molecule has 0 aromatic heterocycles. The van der Waals surface area contributed by atoms with E-state index >= 15 is 0 Å². The lowest BCUT2D eigenvalue weighted by Gasteiger charge is -2.26. The van der Waals surface area contributed by atoms with E-state index < -0.39 is 11.4 Å². The maximum Gasteiger partial charge on any atom is 0.244 e. The van der Waals surface area contributed by atoms with E-state index in [0.29, 0.717) is 5.56 Å². The SMILES string of the molecule is CC(CC(N)=O)NC(=O)C(C)(N)c1ccccc1. The first kappa shape index (κ1) is 14.2. The zero-order valence-electron chi connectivity index (χ0n) is 10.6. The van der Waals surface area contributed by atoms with Crippen LogP contribution in [0.4, 0.5) is 0 Å². The third kappa shape index (κ3) is 3.56. The van der Waals surface area contributed by atoms with E-state index in [1.54, 1.807) is 26.0 Å². The van der Waals surface area contributed by atoms with Gasteiger partial charge in [0, 0.05) is 12.5 Å². The minimum absolute atomic E-state index is 0.0939. The van der Waals surface area contributed by atoms with Gasteiger partial charge in [-0.15, -0.1) is 0 Å². The maximum atomic E-state index is 12.1. The number of nitrogens with one attached hydrogen (secondary N) is 1. The first-order chi connectivity index (χ1) is 8.34. The molecular formula is C13H19N3O2. The summed E-state index contributed by atoms with van der Waals surface area (Å²) in [6.45, 7) is 3.35. The van der Waals surface area contributed by atoms with Crippen molar-refractivity contribution in [1.82, 2.24) is 5.32 Å². The van der Waals surface area contributed by atoms with Gasteiger partial charge in [0.25, 0.3) is 0 Å². The topological polar surface area (TPSA) is 98.2 Å². The van der Waals surface area contributed by atoms with Crippen LogP contribution in [0, 0.1) is 0 Å². The van der Waals surface area contributed by atoms with Gasteiger partial charge in [-0.2, -0.15) is 0 Å². The summed E-state index contributed by atoms with van der Waals surface area (Å²) in [4.78, 5) is 22.8. The molecular weight excluding hydrogens is 230 g/mol. The number of rotatable bonds is 5. The van der Waals surface area contributed by atoms with E-state index in [-0.39, 0.29) is 18.4 Å². The van der Waals surface area contributed by atoms with Crippen molar-refractivity contribution in [2.45, 2.75) is 31.8 Å². The second-order valence-electron chi connectivity index (χ2n) is 4.61. The molecule has 5 heteroatoms. The fraction of sp³-hybridized carbons (Fsp3) is 0.385. The molecule has 5 nitrogen and oxygen atoms in total. The van der Waals surface area contributed by atoms with Crippen molar-refractivity contribution in [2.24, 2.45) is 11.5 Å². The van der Waals surface area contributed by atoms with Crippen LogP contribution in [0.1, 0.15) is 25.8 Å². The van der Waals surface area contributed by atoms with Gasteiger partial charge in [-0.25, -0.2) is 0 Å². The Morgan fingerprint density at radius 3 is 2.39 bits per heavy atom. The molecule has 0 aliphatic heterocycles. The first-order valence-corrected chi connectivity index (χ1v) is 5.77. The molecule has 1 rings (SSSR count). The normalized spacial score (nSPS) is 15.5. The van der Waals surface area contributed by atoms with Gasteiger partial charge in [-0.05, 0) is 19.4 Å². The van der Waals surface area contributed by atoms with Crippen LogP contribution in [0.15, 0.2) is 30.3 Å². The van der Waals surface area contributed by atoms with Crippen molar-refractivity contribution < 1.29 is 9.59 Å². The highest BCUT2D eigenvalue weighted by Crippen LogP contribution is 2.17. The number of carbonyl (C=O) groups is 2. The van der Waals surface area contributed by atoms with Gasteiger partial charge >= 0.3 is 0 Å². The summed E-state index contributed by atoms with van der Waals surface area (Å²) in [6, 6.07) is 8.74. The van der Waals surface area contributed by atoms with E-state index in [0.717, 1.165) is 0 Å². The number of carbonyl (C=O) groups excluding carboxylic acids is 2. The van der Waals surface area contributed by atoms with E-state index in [4.69, 9.17) is 11.5 Å². The molecule has 2 atom stereocenters. The average molecular weight is 249 g/mol. The highest BCUT2D eigenvalue weighted by atomic mass is 16.2. The third-order valence-corrected chi connectivity index (χ3v) is 2.73. The van der Waals surface area contributed by atoms with Crippen LogP contribution >= 0.6 is 0 Å². The van der Waals surface area contributed by atoms with Gasteiger partial charge in [-0.1, -0.05) is 30.3 Å². The van der Waals surface area contributed by atoms with Crippen molar-refractivity contribution in [3.8, 4) is 0 Å². The predicted octanol–water partition coefficient (Wildman–Crippen LogP) is 0.241. The first-order valence-electron chi connectivity index (χ1n) is 5.77. The largest absolute Gasteiger partial charge is 0.370 e. The van der Waals surface area contributed by atoms with Gasteiger partial charge in [0.1, 0.15) is 5.54 Å². The number of nitrogens with two attached hydrogens (primary N) is 2. The number of hydrogen-bond donors (Lipinski definition) is 3. The Labute approximate surface area is 107 Å². The summed E-state index contributed by atoms with van der Waals surface area (Å²) in [7, 11) is 0. The van der Waals surface area contributed by atoms with Crippen molar-refractivity contribution >= 4 is 11.8 Å². The minimum atomic E-state index is -1.13. The molecule has 0 heterocycles. The van der Waals surface area contributed by atoms with E-state index in [1.807, 2.05) is 18.2 Å². The van der Waals surface area contributed by atoms with Crippen molar-refractivity contribution in [1.29, 1.82) is 0 Å². The highest BCUT2D eigenvalue weighted by Gasteiger charge is 2.31. The monoisotopic (exact) mass is 249 g/mol. The van der Waals surface area contributed by atoms with E-state index in [9.17, 15) is 9.59 Å². The summed E-state index contributed by atoms with van der Waals surface area (Å²) in [5.41, 5.74) is 10.7. The van der Waals surface area contributed by atoms with Gasteiger partial charge in [0.05, 0.1) is 0 Å². The summed E-state index contributed by atoms with van der Waals surface area (Å²) in [5.74, 6) is -0.788. The zero-order valence-corrected chi connectivity index (χ0v) is 10.6. The minimum Gasteiger partial charge on any atom is -0.370 e. The quantitative estimate of drug-likeness (QED) is 0.697. The summed E-state index contributed by atoms with van der Waals surface area (Å²) < 4.78 is 0. The Morgan fingerprint density at radius 1 is 1.33 bits per heavy atom. The fourth-order valence-electron chi connectivity index (χ4n) is 1.64. The molecule has 0 saturated carbocycles. The Morgan fingerprint density at radius 2 is 1.89 bits per heavy atom. The maximum absolute atomic E-state index is 12.1. The number of primary amides is 1. The van der Waals surface area contributed by atoms with E-state index in [2.05, 4.69) is 5.32 Å². The van der Waals surface area contributed by atoms with Gasteiger partial charge in [-0.3, -0.25) is 9.59 Å². The fourth-order valence-corrected chi connectivity index (χ4v) is 1.64. The zero-order chi connectivity index (χ0) is 13.8. The standard InChI is InChI=1S/C13H19N3O2/c1-9(8-11(14)17)16-12(18)13(2,15)10-6-4-3-5-7-10/h3-7,9H,8,15H2,1-2H3,(H2,14,17)(H,16,18). The van der Waals surface area contributed by atoms with Gasteiger partial charge in [0.2, 0.25) is 11.8 Å². The second kappa shape index (κ2) is 5.64. The molecule has 0 bridgehead atoms. The third-order valence-electron chi connectivity index (χ3n) is 2.73. The molecule has 18 heavy (non-hydrogen) atoms.